The SMILES string of the molecule is CCCCCC/C=C/C(O)C(COC1OC(CO)C(OC2OC(CO)C(O)C(O)C2O)C(O)C1O)NC(=O)CCCCCCCCCCCCCCC/C=C\C/C=C\CCCCCCC. The fourth-order valence-electron chi connectivity index (χ4n) is 8.32. The van der Waals surface area contributed by atoms with Crippen LogP contribution in [0.2, 0.25) is 0 Å². The summed E-state index contributed by atoms with van der Waals surface area (Å²) in [5.74, 6) is -0.247. The van der Waals surface area contributed by atoms with Gasteiger partial charge in [-0.1, -0.05) is 166 Å². The third-order valence-electron chi connectivity index (χ3n) is 12.6. The number of carbonyl (C=O) groups excluding carboxylic acids is 1. The Morgan fingerprint density at radius 3 is 1.55 bits per heavy atom. The average molecular weight is 928 g/mol. The molecular weight excluding hydrogens is 835 g/mol. The summed E-state index contributed by atoms with van der Waals surface area (Å²) >= 11 is 0. The molecule has 2 rings (SSSR count). The summed E-state index contributed by atoms with van der Waals surface area (Å²) in [6.07, 6.45) is 26.7. The van der Waals surface area contributed by atoms with E-state index in [1.165, 1.54) is 103 Å². The molecule has 0 aromatic rings. The zero-order valence-corrected chi connectivity index (χ0v) is 40.2. The number of aliphatic hydroxyl groups excluding tert-OH is 8. The lowest BCUT2D eigenvalue weighted by molar-refractivity contribution is -0.359. The van der Waals surface area contributed by atoms with Gasteiger partial charge in [-0.3, -0.25) is 4.79 Å². The van der Waals surface area contributed by atoms with Crippen LogP contribution < -0.4 is 5.32 Å². The van der Waals surface area contributed by atoms with Crippen LogP contribution in [0, 0.1) is 0 Å². The molecule has 2 aliphatic rings. The number of aliphatic hydroxyl groups is 8. The molecule has 0 radical (unpaired) electrons. The van der Waals surface area contributed by atoms with Crippen molar-refractivity contribution in [2.75, 3.05) is 19.8 Å². The minimum Gasteiger partial charge on any atom is -0.394 e. The highest BCUT2D eigenvalue weighted by Gasteiger charge is 2.51. The summed E-state index contributed by atoms with van der Waals surface area (Å²) in [5.41, 5.74) is 0. The van der Waals surface area contributed by atoms with Gasteiger partial charge in [0.2, 0.25) is 5.91 Å². The summed E-state index contributed by atoms with van der Waals surface area (Å²) in [6, 6.07) is -0.910. The molecular formula is C51H93NO13. The quantitative estimate of drug-likeness (QED) is 0.0231. The van der Waals surface area contributed by atoms with E-state index in [-0.39, 0.29) is 18.9 Å². The standard InChI is InChI=1S/C51H93NO13/c1-3-5-7-9-11-12-13-14-15-16-17-18-19-20-21-22-23-24-25-26-27-28-29-31-33-35-43(56)52-39(40(55)34-32-30-10-8-6-4-2)38-62-50-48(61)46(59)49(42(37-54)64-50)65-51-47(60)45(58)44(57)41(36-53)63-51/h13-14,16-17,32,34,39-42,44-51,53-55,57-61H,3-12,15,18-31,33,35-38H2,1-2H3,(H,52,56)/b14-13-,17-16-,34-32+. The van der Waals surface area contributed by atoms with Crippen LogP contribution in [0.5, 0.6) is 0 Å². The van der Waals surface area contributed by atoms with Crippen LogP contribution in [0.25, 0.3) is 0 Å². The molecule has 1 amide bonds. The first kappa shape index (κ1) is 59.3. The van der Waals surface area contributed by atoms with E-state index < -0.39 is 86.8 Å². The minimum absolute atomic E-state index is 0.247. The van der Waals surface area contributed by atoms with E-state index in [2.05, 4.69) is 43.5 Å². The molecule has 65 heavy (non-hydrogen) atoms. The molecule has 12 unspecified atom stereocenters. The lowest BCUT2D eigenvalue weighted by Gasteiger charge is -2.46. The molecule has 0 bridgehead atoms. The van der Waals surface area contributed by atoms with Gasteiger partial charge in [-0.05, 0) is 51.4 Å². The maximum Gasteiger partial charge on any atom is 0.220 e. The number of carbonyl (C=O) groups is 1. The maximum absolute atomic E-state index is 13.1. The van der Waals surface area contributed by atoms with E-state index in [1.54, 1.807) is 6.08 Å². The largest absolute Gasteiger partial charge is 0.394 e. The first-order valence-corrected chi connectivity index (χ1v) is 25.7. The highest BCUT2D eigenvalue weighted by atomic mass is 16.7. The lowest BCUT2D eigenvalue weighted by atomic mass is 9.97. The Morgan fingerprint density at radius 1 is 0.554 bits per heavy atom. The van der Waals surface area contributed by atoms with Crippen LogP contribution >= 0.6 is 0 Å². The van der Waals surface area contributed by atoms with E-state index in [1.807, 2.05) is 6.08 Å². The monoisotopic (exact) mass is 928 g/mol. The molecule has 0 aromatic heterocycles. The predicted octanol–water partition coefficient (Wildman–Crippen LogP) is 6.71. The van der Waals surface area contributed by atoms with Crippen LogP contribution in [0.15, 0.2) is 36.5 Å². The van der Waals surface area contributed by atoms with Gasteiger partial charge in [-0.15, -0.1) is 0 Å². The van der Waals surface area contributed by atoms with Gasteiger partial charge in [0.05, 0.1) is 32.0 Å². The molecule has 14 nitrogen and oxygen atoms in total. The van der Waals surface area contributed by atoms with Crippen molar-refractivity contribution in [2.24, 2.45) is 0 Å². The first-order valence-electron chi connectivity index (χ1n) is 25.7. The van der Waals surface area contributed by atoms with Crippen molar-refractivity contribution >= 4 is 5.91 Å². The zero-order valence-electron chi connectivity index (χ0n) is 40.2. The second kappa shape index (κ2) is 38.1. The smallest absolute Gasteiger partial charge is 0.220 e. The van der Waals surface area contributed by atoms with Gasteiger partial charge < -0.3 is 65.1 Å². The van der Waals surface area contributed by atoms with Crippen molar-refractivity contribution in [3.05, 3.63) is 36.5 Å². The van der Waals surface area contributed by atoms with Crippen molar-refractivity contribution in [1.29, 1.82) is 0 Å². The normalized spacial score (nSPS) is 27.3. The average Bonchev–Trinajstić information content (AvgIpc) is 3.30. The number of nitrogens with one attached hydrogen (secondary N) is 1. The van der Waals surface area contributed by atoms with E-state index in [9.17, 15) is 45.6 Å². The molecule has 380 valence electrons. The fraction of sp³-hybridized carbons (Fsp3) is 0.863. The first-order chi connectivity index (χ1) is 31.6. The van der Waals surface area contributed by atoms with E-state index in [4.69, 9.17) is 18.9 Å². The van der Waals surface area contributed by atoms with Crippen LogP contribution in [-0.2, 0) is 23.7 Å². The Labute approximate surface area is 391 Å². The van der Waals surface area contributed by atoms with Gasteiger partial charge in [0.15, 0.2) is 12.6 Å². The molecule has 2 fully saturated rings. The van der Waals surface area contributed by atoms with Gasteiger partial charge in [0.1, 0.15) is 48.8 Å². The molecule has 2 saturated heterocycles. The molecule has 0 spiro atoms. The Bertz CT molecular complexity index is 1230. The zero-order chi connectivity index (χ0) is 47.5. The topological polar surface area (TPSA) is 228 Å². The van der Waals surface area contributed by atoms with Crippen LogP contribution in [0.1, 0.15) is 187 Å². The molecule has 2 aliphatic heterocycles. The molecule has 0 aliphatic carbocycles. The summed E-state index contributed by atoms with van der Waals surface area (Å²) < 4.78 is 22.6. The Hall–Kier alpha value is -1.79. The summed E-state index contributed by atoms with van der Waals surface area (Å²) in [6.45, 7) is 2.68. The Kier molecular flexibility index (Phi) is 34.8. The lowest BCUT2D eigenvalue weighted by Crippen LogP contribution is -2.65. The van der Waals surface area contributed by atoms with Crippen molar-refractivity contribution in [1.82, 2.24) is 5.32 Å². The Balaban J connectivity index is 1.68. The number of amides is 1. The van der Waals surface area contributed by atoms with Crippen LogP contribution in [0.3, 0.4) is 0 Å². The fourth-order valence-corrected chi connectivity index (χ4v) is 8.32. The maximum atomic E-state index is 13.1. The molecule has 9 N–H and O–H groups in total. The Morgan fingerprint density at radius 2 is 1.02 bits per heavy atom. The number of ether oxygens (including phenoxy) is 4. The molecule has 2 heterocycles. The summed E-state index contributed by atoms with van der Waals surface area (Å²) in [4.78, 5) is 13.1. The van der Waals surface area contributed by atoms with Crippen molar-refractivity contribution in [3.8, 4) is 0 Å². The second-order valence-corrected chi connectivity index (χ2v) is 18.3. The summed E-state index contributed by atoms with van der Waals surface area (Å²) in [7, 11) is 0. The minimum atomic E-state index is -1.79. The van der Waals surface area contributed by atoms with Gasteiger partial charge >= 0.3 is 0 Å². The third-order valence-corrected chi connectivity index (χ3v) is 12.6. The highest BCUT2D eigenvalue weighted by Crippen LogP contribution is 2.30. The predicted molar refractivity (Wildman–Crippen MR) is 254 cm³/mol. The van der Waals surface area contributed by atoms with Crippen molar-refractivity contribution in [2.45, 2.75) is 261 Å². The third kappa shape index (κ3) is 25.4. The van der Waals surface area contributed by atoms with E-state index in [0.717, 1.165) is 57.8 Å². The molecule has 14 heteroatoms. The number of rotatable bonds is 39. The number of unbranched alkanes of at least 4 members (excludes halogenated alkanes) is 22. The molecule has 0 saturated carbocycles. The summed E-state index contributed by atoms with van der Waals surface area (Å²) in [5, 5.41) is 86.3. The van der Waals surface area contributed by atoms with Gasteiger partial charge in [-0.25, -0.2) is 0 Å². The van der Waals surface area contributed by atoms with Gasteiger partial charge in [-0.2, -0.15) is 0 Å². The van der Waals surface area contributed by atoms with Crippen molar-refractivity contribution < 1.29 is 64.6 Å². The van der Waals surface area contributed by atoms with E-state index in [0.29, 0.717) is 6.42 Å². The van der Waals surface area contributed by atoms with Crippen LogP contribution in [-0.4, -0.2) is 140 Å². The van der Waals surface area contributed by atoms with E-state index >= 15 is 0 Å². The van der Waals surface area contributed by atoms with Crippen LogP contribution in [0.4, 0.5) is 0 Å². The molecule has 12 atom stereocenters. The van der Waals surface area contributed by atoms with Crippen molar-refractivity contribution in [3.63, 3.8) is 0 Å². The number of allylic oxidation sites excluding steroid dienone is 5. The van der Waals surface area contributed by atoms with Gasteiger partial charge in [0.25, 0.3) is 0 Å². The molecule has 0 aromatic carbocycles. The number of hydrogen-bond acceptors (Lipinski definition) is 13. The van der Waals surface area contributed by atoms with Gasteiger partial charge in [0, 0.05) is 6.42 Å². The second-order valence-electron chi connectivity index (χ2n) is 18.3. The highest BCUT2D eigenvalue weighted by molar-refractivity contribution is 5.76. The number of hydrogen-bond donors (Lipinski definition) is 9.